The number of hydrogen-bond acceptors (Lipinski definition) is 4. The highest BCUT2D eigenvalue weighted by molar-refractivity contribution is 5.82. The van der Waals surface area contributed by atoms with Crippen molar-refractivity contribution in [3.8, 4) is 0 Å². The van der Waals surface area contributed by atoms with Crippen LogP contribution in [0.1, 0.15) is 37.9 Å². The van der Waals surface area contributed by atoms with Crippen LogP contribution in [0.25, 0.3) is 0 Å². The lowest BCUT2D eigenvalue weighted by Gasteiger charge is -2.29. The van der Waals surface area contributed by atoms with E-state index in [4.69, 9.17) is 0 Å². The number of rotatable bonds is 3. The summed E-state index contributed by atoms with van der Waals surface area (Å²) >= 11 is 0. The second kappa shape index (κ2) is 5.48. The number of aliphatic hydroxyl groups excluding tert-OH is 1. The number of nitro benzene ring substituents is 1. The molecule has 0 heterocycles. The molecule has 1 saturated carbocycles. The van der Waals surface area contributed by atoms with Crippen LogP contribution in [0.15, 0.2) is 24.3 Å². The van der Waals surface area contributed by atoms with E-state index in [0.29, 0.717) is 24.3 Å². The molecule has 19 heavy (non-hydrogen) atoms. The third-order valence-corrected chi connectivity index (χ3v) is 3.78. The maximum Gasteiger partial charge on any atom is 0.269 e. The monoisotopic (exact) mass is 263 g/mol. The normalized spacial score (nSPS) is 25.1. The highest BCUT2D eigenvalue weighted by Gasteiger charge is 2.32. The predicted octanol–water partition coefficient (Wildman–Crippen LogP) is 2.63. The molecule has 0 amide bonds. The van der Waals surface area contributed by atoms with Crippen molar-refractivity contribution >= 4 is 11.5 Å². The first kappa shape index (κ1) is 13.7. The molecule has 1 aromatic rings. The Balaban J connectivity index is 2.16. The molecule has 0 radical (unpaired) electrons. The number of aliphatic hydroxyl groups is 1. The van der Waals surface area contributed by atoms with E-state index in [1.54, 1.807) is 0 Å². The Morgan fingerprint density at radius 2 is 2.00 bits per heavy atom. The van der Waals surface area contributed by atoms with Crippen molar-refractivity contribution in [1.82, 2.24) is 0 Å². The van der Waals surface area contributed by atoms with Crippen LogP contribution < -0.4 is 0 Å². The van der Waals surface area contributed by atoms with E-state index in [1.807, 2.05) is 0 Å². The van der Waals surface area contributed by atoms with Crippen molar-refractivity contribution in [3.63, 3.8) is 0 Å². The Morgan fingerprint density at radius 1 is 1.37 bits per heavy atom. The van der Waals surface area contributed by atoms with Crippen molar-refractivity contribution in [2.24, 2.45) is 11.8 Å². The molecule has 0 aliphatic heterocycles. The van der Waals surface area contributed by atoms with Crippen LogP contribution in [0.3, 0.4) is 0 Å². The fourth-order valence-electron chi connectivity index (χ4n) is 2.59. The number of carbonyl (C=O) groups excluding carboxylic acids is 1. The van der Waals surface area contributed by atoms with Gasteiger partial charge in [-0.3, -0.25) is 14.9 Å². The van der Waals surface area contributed by atoms with Gasteiger partial charge >= 0.3 is 0 Å². The van der Waals surface area contributed by atoms with E-state index < -0.39 is 11.0 Å². The summed E-state index contributed by atoms with van der Waals surface area (Å²) < 4.78 is 0. The van der Waals surface area contributed by atoms with Crippen LogP contribution in [0.4, 0.5) is 5.69 Å². The lowest BCUT2D eigenvalue weighted by molar-refractivity contribution is -0.384. The molecule has 0 bridgehead atoms. The molecule has 1 N–H and O–H groups in total. The first-order valence-electron chi connectivity index (χ1n) is 6.44. The van der Waals surface area contributed by atoms with E-state index in [-0.39, 0.29) is 17.4 Å². The molecule has 5 heteroatoms. The minimum Gasteiger partial charge on any atom is -0.388 e. The molecular weight excluding hydrogens is 246 g/mol. The number of carbonyl (C=O) groups is 1. The van der Waals surface area contributed by atoms with Gasteiger partial charge < -0.3 is 5.11 Å². The maximum atomic E-state index is 11.9. The van der Waals surface area contributed by atoms with Crippen LogP contribution >= 0.6 is 0 Å². The molecule has 0 saturated heterocycles. The topological polar surface area (TPSA) is 80.4 Å². The van der Waals surface area contributed by atoms with Crippen LogP contribution in [0.2, 0.25) is 0 Å². The first-order valence-corrected chi connectivity index (χ1v) is 6.44. The summed E-state index contributed by atoms with van der Waals surface area (Å²) in [7, 11) is 0. The zero-order valence-electron chi connectivity index (χ0n) is 10.8. The van der Waals surface area contributed by atoms with Crippen molar-refractivity contribution < 1.29 is 14.8 Å². The average molecular weight is 263 g/mol. The standard InChI is InChI=1S/C14H17NO4/c1-9-2-7-13(16)12(8-9)14(17)10-3-5-11(6-4-10)15(18)19/h3-6,9,12,14,17H,2,7-8H2,1H3. The van der Waals surface area contributed by atoms with Gasteiger partial charge in [0, 0.05) is 24.5 Å². The van der Waals surface area contributed by atoms with Gasteiger partial charge in [0.15, 0.2) is 0 Å². The van der Waals surface area contributed by atoms with Crippen LogP contribution in [-0.4, -0.2) is 15.8 Å². The zero-order chi connectivity index (χ0) is 14.0. The van der Waals surface area contributed by atoms with E-state index >= 15 is 0 Å². The minimum atomic E-state index is -0.865. The van der Waals surface area contributed by atoms with Gasteiger partial charge in [-0.2, -0.15) is 0 Å². The van der Waals surface area contributed by atoms with Gasteiger partial charge in [-0.1, -0.05) is 6.92 Å². The fraction of sp³-hybridized carbons (Fsp3) is 0.500. The lowest BCUT2D eigenvalue weighted by atomic mass is 9.77. The Labute approximate surface area is 111 Å². The van der Waals surface area contributed by atoms with E-state index in [1.165, 1.54) is 24.3 Å². The molecule has 1 aliphatic rings. The van der Waals surface area contributed by atoms with Gasteiger partial charge in [-0.05, 0) is 36.5 Å². The quantitative estimate of drug-likeness (QED) is 0.671. The summed E-state index contributed by atoms with van der Waals surface area (Å²) in [5.41, 5.74) is 0.553. The number of ketones is 1. The minimum absolute atomic E-state index is 0.0145. The number of non-ortho nitro benzene ring substituents is 1. The number of nitro groups is 1. The maximum absolute atomic E-state index is 11.9. The Bertz CT molecular complexity index is 483. The summed E-state index contributed by atoms with van der Waals surface area (Å²) in [6.45, 7) is 2.07. The predicted molar refractivity (Wildman–Crippen MR) is 69.6 cm³/mol. The molecule has 2 rings (SSSR count). The van der Waals surface area contributed by atoms with Crippen LogP contribution in [0.5, 0.6) is 0 Å². The summed E-state index contributed by atoms with van der Waals surface area (Å²) in [6, 6.07) is 5.76. The smallest absolute Gasteiger partial charge is 0.269 e. The largest absolute Gasteiger partial charge is 0.388 e. The second-order valence-electron chi connectivity index (χ2n) is 5.25. The van der Waals surface area contributed by atoms with Gasteiger partial charge in [0.2, 0.25) is 0 Å². The lowest BCUT2D eigenvalue weighted by Crippen LogP contribution is -2.29. The summed E-state index contributed by atoms with van der Waals surface area (Å²) in [5.74, 6) is 0.129. The van der Waals surface area contributed by atoms with Crippen LogP contribution in [-0.2, 0) is 4.79 Å². The van der Waals surface area contributed by atoms with Crippen molar-refractivity contribution in [3.05, 3.63) is 39.9 Å². The second-order valence-corrected chi connectivity index (χ2v) is 5.25. The Hall–Kier alpha value is -1.75. The summed E-state index contributed by atoms with van der Waals surface area (Å²) in [6.07, 6.45) is 1.20. The van der Waals surface area contributed by atoms with Gasteiger partial charge in [0.05, 0.1) is 11.0 Å². The summed E-state index contributed by atoms with van der Waals surface area (Å²) in [4.78, 5) is 21.9. The molecule has 0 spiro atoms. The van der Waals surface area contributed by atoms with Crippen molar-refractivity contribution in [2.45, 2.75) is 32.3 Å². The molecule has 1 fully saturated rings. The molecular formula is C14H17NO4. The van der Waals surface area contributed by atoms with Crippen LogP contribution in [0, 0.1) is 22.0 Å². The molecule has 5 nitrogen and oxygen atoms in total. The molecule has 0 aromatic heterocycles. The number of benzene rings is 1. The molecule has 102 valence electrons. The van der Waals surface area contributed by atoms with E-state index in [9.17, 15) is 20.0 Å². The van der Waals surface area contributed by atoms with Gasteiger partial charge in [-0.15, -0.1) is 0 Å². The highest BCUT2D eigenvalue weighted by atomic mass is 16.6. The third-order valence-electron chi connectivity index (χ3n) is 3.78. The van der Waals surface area contributed by atoms with Crippen molar-refractivity contribution in [1.29, 1.82) is 0 Å². The third kappa shape index (κ3) is 2.98. The molecule has 3 atom stereocenters. The summed E-state index contributed by atoms with van der Waals surface area (Å²) in [5, 5.41) is 20.8. The molecule has 1 aliphatic carbocycles. The van der Waals surface area contributed by atoms with Gasteiger partial charge in [0.1, 0.15) is 5.78 Å². The Morgan fingerprint density at radius 3 is 2.58 bits per heavy atom. The van der Waals surface area contributed by atoms with E-state index in [0.717, 1.165) is 6.42 Å². The molecule has 1 aromatic carbocycles. The number of Topliss-reactive ketones (excluding diaryl/α,β-unsaturated/α-hetero) is 1. The molecule has 3 unspecified atom stereocenters. The Kier molecular flexibility index (Phi) is 3.95. The van der Waals surface area contributed by atoms with Gasteiger partial charge in [0.25, 0.3) is 5.69 Å². The SMILES string of the molecule is CC1CCC(=O)C(C(O)c2ccc([N+](=O)[O-])cc2)C1. The fourth-order valence-corrected chi connectivity index (χ4v) is 2.59. The van der Waals surface area contributed by atoms with E-state index in [2.05, 4.69) is 6.92 Å². The number of hydrogen-bond donors (Lipinski definition) is 1. The highest BCUT2D eigenvalue weighted by Crippen LogP contribution is 2.35. The first-order chi connectivity index (χ1) is 8.99. The van der Waals surface area contributed by atoms with Crippen molar-refractivity contribution in [2.75, 3.05) is 0 Å². The average Bonchev–Trinajstić information content (AvgIpc) is 2.41. The number of nitrogens with zero attached hydrogens (tertiary/aromatic N) is 1. The zero-order valence-corrected chi connectivity index (χ0v) is 10.8. The van der Waals surface area contributed by atoms with Gasteiger partial charge in [-0.25, -0.2) is 0 Å².